The van der Waals surface area contributed by atoms with Crippen molar-refractivity contribution in [2.75, 3.05) is 30.4 Å². The van der Waals surface area contributed by atoms with Crippen LogP contribution in [0.4, 0.5) is 16.2 Å². The van der Waals surface area contributed by atoms with Crippen LogP contribution in [0.25, 0.3) is 0 Å². The molecule has 2 unspecified atom stereocenters. The van der Waals surface area contributed by atoms with E-state index in [-0.39, 0.29) is 29.7 Å². The molecule has 0 spiro atoms. The Balaban J connectivity index is 1.21. The van der Waals surface area contributed by atoms with E-state index < -0.39 is 5.97 Å². The highest BCUT2D eigenvalue weighted by Gasteiger charge is 2.37. The number of carboxylic acids is 1. The zero-order valence-electron chi connectivity index (χ0n) is 29.0. The minimum Gasteiger partial charge on any atom is -0.481 e. The molecule has 7 rings (SSSR count). The van der Waals surface area contributed by atoms with Gasteiger partial charge in [-0.2, -0.15) is 10.1 Å². The summed E-state index contributed by atoms with van der Waals surface area (Å²) in [5, 5.41) is 21.9. The molecule has 2 aromatic heterocycles. The quantitative estimate of drug-likeness (QED) is 0.196. The number of anilines is 2. The van der Waals surface area contributed by atoms with Crippen LogP contribution in [-0.4, -0.2) is 73.6 Å². The third-order valence-corrected chi connectivity index (χ3v) is 11.8. The Morgan fingerprint density at radius 1 is 1.06 bits per heavy atom. The molecule has 2 aliphatic carbocycles. The van der Waals surface area contributed by atoms with E-state index in [1.54, 1.807) is 12.1 Å². The molecular formula is C38H52FN7O3. The van der Waals surface area contributed by atoms with Gasteiger partial charge in [0.1, 0.15) is 11.6 Å². The van der Waals surface area contributed by atoms with Gasteiger partial charge in [-0.3, -0.25) is 14.4 Å². The fraction of sp³-hybridized carbons (Fsp3) is 0.632. The smallest absolute Gasteiger partial charge is 0.306 e. The van der Waals surface area contributed by atoms with Crippen molar-refractivity contribution in [3.05, 3.63) is 64.9 Å². The number of halogens is 1. The van der Waals surface area contributed by atoms with Crippen LogP contribution in [0.1, 0.15) is 106 Å². The van der Waals surface area contributed by atoms with E-state index in [4.69, 9.17) is 14.7 Å². The molecule has 49 heavy (non-hydrogen) atoms. The van der Waals surface area contributed by atoms with E-state index in [1.807, 2.05) is 16.9 Å². The van der Waals surface area contributed by atoms with Crippen molar-refractivity contribution in [3.63, 3.8) is 0 Å². The highest BCUT2D eigenvalue weighted by Crippen LogP contribution is 2.39. The van der Waals surface area contributed by atoms with E-state index in [2.05, 4.69) is 40.7 Å². The molecular weight excluding hydrogens is 621 g/mol. The first-order valence-corrected chi connectivity index (χ1v) is 18.6. The lowest BCUT2D eigenvalue weighted by molar-refractivity contribution is -0.143. The van der Waals surface area contributed by atoms with Gasteiger partial charge in [0.15, 0.2) is 0 Å². The Labute approximate surface area is 289 Å². The van der Waals surface area contributed by atoms with Gasteiger partial charge >= 0.3 is 5.97 Å². The number of aryl methyl sites for hydroxylation is 2. The normalized spacial score (nSPS) is 26.8. The van der Waals surface area contributed by atoms with Crippen LogP contribution >= 0.6 is 0 Å². The summed E-state index contributed by atoms with van der Waals surface area (Å²) in [7, 11) is 0. The maximum atomic E-state index is 14.3. The van der Waals surface area contributed by atoms with Gasteiger partial charge in [0.25, 0.3) is 0 Å². The molecule has 3 N–H and O–H groups in total. The van der Waals surface area contributed by atoms with E-state index in [1.165, 1.54) is 12.5 Å². The number of carbonyl (C=O) groups is 1. The molecule has 2 aliphatic heterocycles. The molecule has 3 aromatic rings. The van der Waals surface area contributed by atoms with Crippen LogP contribution in [0.15, 0.2) is 36.7 Å². The number of rotatable bonds is 12. The van der Waals surface area contributed by atoms with Gasteiger partial charge in [-0.15, -0.1) is 0 Å². The molecule has 5 atom stereocenters. The van der Waals surface area contributed by atoms with E-state index in [0.29, 0.717) is 36.8 Å². The van der Waals surface area contributed by atoms with Crippen LogP contribution in [0.2, 0.25) is 0 Å². The molecule has 10 nitrogen and oxygen atoms in total. The zero-order valence-corrected chi connectivity index (χ0v) is 29.0. The summed E-state index contributed by atoms with van der Waals surface area (Å²) in [6, 6.07) is 7.96. The highest BCUT2D eigenvalue weighted by molar-refractivity contribution is 5.70. The lowest BCUT2D eigenvalue weighted by Gasteiger charge is -2.47. The number of morpholine rings is 1. The Bertz CT molecular complexity index is 1570. The third kappa shape index (κ3) is 7.62. The molecule has 3 fully saturated rings. The number of aromatic nitrogens is 4. The minimum absolute atomic E-state index is 0.0452. The van der Waals surface area contributed by atoms with Crippen molar-refractivity contribution < 1.29 is 19.0 Å². The number of nitrogens with one attached hydrogen (secondary N) is 2. The highest BCUT2D eigenvalue weighted by atomic mass is 19.1. The standard InChI is InChI=1S/C38H52FN7O3/c1-3-33(24-11-13-25(14-12-24)37(47)48)42-38-43-34-16-15-27(26-7-5-8-29(39)17-26)18-32(34)36(44-38)41-35(28-19-40-45(4-2)20-28)21-46-30-9-6-10-31(46)23-49-22-30/h5,7-8,17,19-20,24-25,27,30-31,33,35H,3-4,6,9-16,18,21-23H2,1-2H3,(H,47,48)(H2,41,42,43,44)/t24?,25?,27-,30?,31?,33-,35+/m1/s1. The number of hydrogen-bond acceptors (Lipinski definition) is 8. The van der Waals surface area contributed by atoms with Crippen LogP contribution in [0.3, 0.4) is 0 Å². The Kier molecular flexibility index (Phi) is 10.5. The fourth-order valence-corrected chi connectivity index (χ4v) is 8.89. The molecule has 2 saturated heterocycles. The minimum atomic E-state index is -0.676. The molecule has 2 bridgehead atoms. The lowest BCUT2D eigenvalue weighted by atomic mass is 9.78. The Morgan fingerprint density at radius 2 is 1.86 bits per heavy atom. The first-order valence-electron chi connectivity index (χ1n) is 18.6. The summed E-state index contributed by atoms with van der Waals surface area (Å²) >= 11 is 0. The Hall–Kier alpha value is -3.57. The van der Waals surface area contributed by atoms with Crippen molar-refractivity contribution in [1.82, 2.24) is 24.6 Å². The number of carboxylic acid groups (broad SMARTS) is 1. The predicted octanol–water partition coefficient (Wildman–Crippen LogP) is 6.59. The Morgan fingerprint density at radius 3 is 2.55 bits per heavy atom. The summed E-state index contributed by atoms with van der Waals surface area (Å²) in [6.07, 6.45) is 14.2. The van der Waals surface area contributed by atoms with Gasteiger partial charge in [0, 0.05) is 48.5 Å². The average molecular weight is 674 g/mol. The molecule has 11 heteroatoms. The number of hydrogen-bond donors (Lipinski definition) is 3. The predicted molar refractivity (Wildman–Crippen MR) is 187 cm³/mol. The molecule has 4 aliphatic rings. The first-order chi connectivity index (χ1) is 23.9. The number of fused-ring (bicyclic) bond motifs is 3. The maximum Gasteiger partial charge on any atom is 0.306 e. The van der Waals surface area contributed by atoms with Gasteiger partial charge in [-0.1, -0.05) is 25.5 Å². The van der Waals surface area contributed by atoms with Crippen molar-refractivity contribution >= 4 is 17.7 Å². The summed E-state index contributed by atoms with van der Waals surface area (Å²) in [6.45, 7) is 7.47. The maximum absolute atomic E-state index is 14.3. The van der Waals surface area contributed by atoms with Crippen LogP contribution < -0.4 is 10.6 Å². The van der Waals surface area contributed by atoms with Crippen LogP contribution in [0.5, 0.6) is 0 Å². The molecule has 4 heterocycles. The number of nitrogens with zero attached hydrogens (tertiary/aromatic N) is 5. The van der Waals surface area contributed by atoms with Crippen molar-refractivity contribution in [3.8, 4) is 0 Å². The number of benzene rings is 1. The average Bonchev–Trinajstić information content (AvgIpc) is 3.60. The third-order valence-electron chi connectivity index (χ3n) is 11.8. The molecule has 1 saturated carbocycles. The second-order valence-electron chi connectivity index (χ2n) is 14.7. The lowest BCUT2D eigenvalue weighted by Crippen LogP contribution is -2.56. The van der Waals surface area contributed by atoms with Crippen molar-refractivity contribution in [2.24, 2.45) is 11.8 Å². The summed E-state index contributed by atoms with van der Waals surface area (Å²) in [5.41, 5.74) is 4.30. The monoisotopic (exact) mass is 673 g/mol. The molecule has 0 radical (unpaired) electrons. The number of ether oxygens (including phenoxy) is 1. The topological polar surface area (TPSA) is 117 Å². The van der Waals surface area contributed by atoms with Crippen LogP contribution in [0, 0.1) is 17.7 Å². The van der Waals surface area contributed by atoms with Gasteiger partial charge in [-0.05, 0) is 101 Å². The van der Waals surface area contributed by atoms with Gasteiger partial charge in [-0.25, -0.2) is 9.37 Å². The van der Waals surface area contributed by atoms with Gasteiger partial charge in [0.2, 0.25) is 5.95 Å². The zero-order chi connectivity index (χ0) is 33.9. The van der Waals surface area contributed by atoms with Crippen molar-refractivity contribution in [2.45, 2.75) is 121 Å². The summed E-state index contributed by atoms with van der Waals surface area (Å²) in [4.78, 5) is 24.6. The second-order valence-corrected chi connectivity index (χ2v) is 14.7. The fourth-order valence-electron chi connectivity index (χ4n) is 8.89. The van der Waals surface area contributed by atoms with Gasteiger partial charge < -0.3 is 20.5 Å². The van der Waals surface area contributed by atoms with E-state index in [0.717, 1.165) is 106 Å². The molecule has 264 valence electrons. The number of piperidine rings is 1. The van der Waals surface area contributed by atoms with Crippen LogP contribution in [-0.2, 0) is 28.9 Å². The SMILES string of the molecule is CC[C@@H](Nc1nc2c(c(N[C@@H](CN3C4CCCC3COC4)c3cnn(CC)c3)n1)C[C@H](c1cccc(F)c1)CC2)C1CCC(C(=O)O)CC1. The number of aliphatic carboxylic acids is 1. The van der Waals surface area contributed by atoms with E-state index >= 15 is 0 Å². The van der Waals surface area contributed by atoms with E-state index in [9.17, 15) is 14.3 Å². The van der Waals surface area contributed by atoms with Crippen molar-refractivity contribution in [1.29, 1.82) is 0 Å². The second kappa shape index (κ2) is 15.1. The molecule has 0 amide bonds. The molecule has 1 aromatic carbocycles. The summed E-state index contributed by atoms with van der Waals surface area (Å²) in [5.74, 6) is 0.903. The van der Waals surface area contributed by atoms with Gasteiger partial charge in [0.05, 0.1) is 37.1 Å². The largest absolute Gasteiger partial charge is 0.481 e. The first kappa shape index (κ1) is 33.9. The summed E-state index contributed by atoms with van der Waals surface area (Å²) < 4.78 is 22.3.